The lowest BCUT2D eigenvalue weighted by Gasteiger charge is -2.22. The number of halogens is 1. The fourth-order valence-corrected chi connectivity index (χ4v) is 2.69. The fourth-order valence-electron chi connectivity index (χ4n) is 2.69. The summed E-state index contributed by atoms with van der Waals surface area (Å²) in [6.07, 6.45) is 1.27. The molecule has 0 unspecified atom stereocenters. The van der Waals surface area contributed by atoms with E-state index in [1.54, 1.807) is 19.9 Å². The maximum absolute atomic E-state index is 13.8. The Balaban J connectivity index is 2.03. The summed E-state index contributed by atoms with van der Waals surface area (Å²) in [6, 6.07) is 3.80. The molecule has 1 aromatic carbocycles. The summed E-state index contributed by atoms with van der Waals surface area (Å²) >= 11 is 0. The summed E-state index contributed by atoms with van der Waals surface area (Å²) in [5.41, 5.74) is -0.257. The molecular weight excluding hydrogens is 325 g/mol. The molecule has 1 saturated heterocycles. The summed E-state index contributed by atoms with van der Waals surface area (Å²) in [6.45, 7) is 7.01. The van der Waals surface area contributed by atoms with Crippen LogP contribution in [0.1, 0.15) is 39.2 Å². The van der Waals surface area contributed by atoms with Gasteiger partial charge in [-0.3, -0.25) is 14.5 Å². The first kappa shape index (κ1) is 18.9. The van der Waals surface area contributed by atoms with Crippen LogP contribution < -0.4 is 10.6 Å². The van der Waals surface area contributed by atoms with Crippen molar-refractivity contribution in [2.45, 2.75) is 46.1 Å². The molecule has 1 aliphatic rings. The summed E-state index contributed by atoms with van der Waals surface area (Å²) in [4.78, 5) is 37.6. The van der Waals surface area contributed by atoms with Gasteiger partial charge >= 0.3 is 6.03 Å². The van der Waals surface area contributed by atoms with Gasteiger partial charge in [-0.05, 0) is 50.3 Å². The molecule has 4 amide bonds. The van der Waals surface area contributed by atoms with E-state index in [4.69, 9.17) is 0 Å². The number of rotatable bonds is 6. The predicted molar refractivity (Wildman–Crippen MR) is 92.5 cm³/mol. The molecule has 0 radical (unpaired) electrons. The molecule has 1 aromatic rings. The Kier molecular flexibility index (Phi) is 5.45. The van der Waals surface area contributed by atoms with Crippen molar-refractivity contribution in [2.75, 3.05) is 11.9 Å². The lowest BCUT2D eigenvalue weighted by atomic mass is 9.92. The van der Waals surface area contributed by atoms with Crippen LogP contribution in [0.25, 0.3) is 0 Å². The number of hydrogen-bond donors (Lipinski definition) is 2. The number of carbonyl (C=O) groups excluding carboxylic acids is 3. The van der Waals surface area contributed by atoms with E-state index in [1.165, 1.54) is 12.1 Å². The van der Waals surface area contributed by atoms with Gasteiger partial charge in [0.1, 0.15) is 17.9 Å². The third kappa shape index (κ3) is 4.35. The maximum atomic E-state index is 13.8. The van der Waals surface area contributed by atoms with Gasteiger partial charge in [0.15, 0.2) is 0 Å². The topological polar surface area (TPSA) is 78.5 Å². The zero-order valence-electron chi connectivity index (χ0n) is 15.0. The quantitative estimate of drug-likeness (QED) is 0.775. The highest BCUT2D eigenvalue weighted by Crippen LogP contribution is 2.24. The molecule has 6 nitrogen and oxygen atoms in total. The van der Waals surface area contributed by atoms with Crippen molar-refractivity contribution in [1.29, 1.82) is 0 Å². The van der Waals surface area contributed by atoms with E-state index < -0.39 is 35.7 Å². The number of aryl methyl sites for hydroxylation is 1. The van der Waals surface area contributed by atoms with E-state index in [0.29, 0.717) is 12.3 Å². The van der Waals surface area contributed by atoms with Crippen molar-refractivity contribution in [3.05, 3.63) is 29.6 Å². The van der Waals surface area contributed by atoms with Crippen LogP contribution in [0, 0.1) is 18.7 Å². The SMILES string of the molecule is Cc1ccc(NC(=O)CN2C(=O)N[C@](C)(CCC(C)C)C2=O)c(F)c1. The van der Waals surface area contributed by atoms with Crippen LogP contribution in [-0.4, -0.2) is 34.8 Å². The first-order valence-electron chi connectivity index (χ1n) is 8.32. The molecule has 0 aromatic heterocycles. The molecule has 0 bridgehead atoms. The lowest BCUT2D eigenvalue weighted by Crippen LogP contribution is -2.44. The highest BCUT2D eigenvalue weighted by molar-refractivity contribution is 6.09. The number of imide groups is 1. The van der Waals surface area contributed by atoms with E-state index in [2.05, 4.69) is 10.6 Å². The third-order valence-corrected chi connectivity index (χ3v) is 4.27. The molecule has 1 fully saturated rings. The number of benzene rings is 1. The van der Waals surface area contributed by atoms with Crippen molar-refractivity contribution in [3.8, 4) is 0 Å². The van der Waals surface area contributed by atoms with E-state index in [-0.39, 0.29) is 5.69 Å². The van der Waals surface area contributed by atoms with Crippen molar-refractivity contribution < 1.29 is 18.8 Å². The number of nitrogens with zero attached hydrogens (tertiary/aromatic N) is 1. The zero-order chi connectivity index (χ0) is 18.8. The number of amides is 4. The Morgan fingerprint density at radius 1 is 1.36 bits per heavy atom. The molecule has 136 valence electrons. The number of urea groups is 1. The third-order valence-electron chi connectivity index (χ3n) is 4.27. The maximum Gasteiger partial charge on any atom is 0.325 e. The minimum atomic E-state index is -1.00. The highest BCUT2D eigenvalue weighted by atomic mass is 19.1. The number of anilines is 1. The van der Waals surface area contributed by atoms with Crippen LogP contribution in [0.15, 0.2) is 18.2 Å². The van der Waals surface area contributed by atoms with Gasteiger partial charge in [-0.2, -0.15) is 0 Å². The van der Waals surface area contributed by atoms with Gasteiger partial charge in [0, 0.05) is 0 Å². The van der Waals surface area contributed by atoms with Gasteiger partial charge in [0.05, 0.1) is 5.69 Å². The minimum absolute atomic E-state index is 0.0187. The van der Waals surface area contributed by atoms with E-state index in [1.807, 2.05) is 13.8 Å². The van der Waals surface area contributed by atoms with Crippen molar-refractivity contribution in [3.63, 3.8) is 0 Å². The van der Waals surface area contributed by atoms with Crippen LogP contribution in [0.3, 0.4) is 0 Å². The van der Waals surface area contributed by atoms with Gasteiger partial charge in [-0.25, -0.2) is 9.18 Å². The van der Waals surface area contributed by atoms with Crippen molar-refractivity contribution >= 4 is 23.5 Å². The lowest BCUT2D eigenvalue weighted by molar-refractivity contribution is -0.133. The second-order valence-electron chi connectivity index (χ2n) is 7.12. The molecule has 2 rings (SSSR count). The Morgan fingerprint density at radius 2 is 2.04 bits per heavy atom. The first-order valence-corrected chi connectivity index (χ1v) is 8.32. The number of hydrogen-bond acceptors (Lipinski definition) is 3. The van der Waals surface area contributed by atoms with E-state index in [9.17, 15) is 18.8 Å². The summed E-state index contributed by atoms with van der Waals surface area (Å²) in [5.74, 6) is -1.23. The van der Waals surface area contributed by atoms with Crippen LogP contribution in [-0.2, 0) is 9.59 Å². The second-order valence-corrected chi connectivity index (χ2v) is 7.12. The second kappa shape index (κ2) is 7.21. The van der Waals surface area contributed by atoms with Gasteiger partial charge < -0.3 is 10.6 Å². The Morgan fingerprint density at radius 3 is 2.64 bits per heavy atom. The van der Waals surface area contributed by atoms with Crippen LogP contribution in [0.5, 0.6) is 0 Å². The summed E-state index contributed by atoms with van der Waals surface area (Å²) in [5, 5.41) is 5.05. The molecule has 0 aliphatic carbocycles. The standard InChI is InChI=1S/C18H24FN3O3/c1-11(2)7-8-18(4)16(24)22(17(25)21-18)10-15(23)20-14-6-5-12(3)9-13(14)19/h5-6,9,11H,7-8,10H2,1-4H3,(H,20,23)(H,21,25)/t18-/m1/s1. The van der Waals surface area contributed by atoms with Crippen LogP contribution >= 0.6 is 0 Å². The number of nitrogens with one attached hydrogen (secondary N) is 2. The molecule has 0 saturated carbocycles. The molecule has 1 heterocycles. The minimum Gasteiger partial charge on any atom is -0.323 e. The van der Waals surface area contributed by atoms with Crippen molar-refractivity contribution in [1.82, 2.24) is 10.2 Å². The van der Waals surface area contributed by atoms with Crippen LogP contribution in [0.4, 0.5) is 14.9 Å². The summed E-state index contributed by atoms with van der Waals surface area (Å²) in [7, 11) is 0. The molecule has 1 aliphatic heterocycles. The Hall–Kier alpha value is -2.44. The predicted octanol–water partition coefficient (Wildman–Crippen LogP) is 2.82. The average molecular weight is 349 g/mol. The first-order chi connectivity index (χ1) is 11.6. The Bertz CT molecular complexity index is 705. The highest BCUT2D eigenvalue weighted by Gasteiger charge is 2.47. The monoisotopic (exact) mass is 349 g/mol. The fraction of sp³-hybridized carbons (Fsp3) is 0.500. The number of carbonyl (C=O) groups is 3. The Labute approximate surface area is 146 Å². The van der Waals surface area contributed by atoms with Crippen LogP contribution in [0.2, 0.25) is 0 Å². The summed E-state index contributed by atoms with van der Waals surface area (Å²) < 4.78 is 13.8. The zero-order valence-corrected chi connectivity index (χ0v) is 15.0. The molecule has 0 spiro atoms. The largest absolute Gasteiger partial charge is 0.325 e. The van der Waals surface area contributed by atoms with Gasteiger partial charge in [-0.1, -0.05) is 19.9 Å². The van der Waals surface area contributed by atoms with E-state index >= 15 is 0 Å². The molecular formula is C18H24FN3O3. The average Bonchev–Trinajstić information content (AvgIpc) is 2.72. The van der Waals surface area contributed by atoms with Gasteiger partial charge in [0.2, 0.25) is 5.91 Å². The van der Waals surface area contributed by atoms with Gasteiger partial charge in [-0.15, -0.1) is 0 Å². The van der Waals surface area contributed by atoms with Crippen molar-refractivity contribution in [2.24, 2.45) is 5.92 Å². The molecule has 7 heteroatoms. The molecule has 2 N–H and O–H groups in total. The normalized spacial score (nSPS) is 20.2. The molecule has 25 heavy (non-hydrogen) atoms. The van der Waals surface area contributed by atoms with E-state index in [0.717, 1.165) is 16.9 Å². The molecule has 1 atom stereocenters. The van der Waals surface area contributed by atoms with Gasteiger partial charge in [0.25, 0.3) is 5.91 Å². The smallest absolute Gasteiger partial charge is 0.323 e.